The Labute approximate surface area is 223 Å². The van der Waals surface area contributed by atoms with Crippen molar-refractivity contribution in [3.63, 3.8) is 0 Å². The third-order valence-corrected chi connectivity index (χ3v) is 8.54. The molecule has 192 valence electrons. The first kappa shape index (κ1) is 27.9. The van der Waals surface area contributed by atoms with E-state index in [0.29, 0.717) is 0 Å². The van der Waals surface area contributed by atoms with Crippen LogP contribution in [0, 0.1) is 0 Å². The largest absolute Gasteiger partial charge is 0.372 e. The van der Waals surface area contributed by atoms with Crippen molar-refractivity contribution >= 4 is 41.3 Å². The van der Waals surface area contributed by atoms with E-state index in [2.05, 4.69) is 129 Å². The van der Waals surface area contributed by atoms with Gasteiger partial charge in [-0.3, -0.25) is 0 Å². The van der Waals surface area contributed by atoms with Crippen molar-refractivity contribution in [3.8, 4) is 0 Å². The van der Waals surface area contributed by atoms with E-state index < -0.39 is 0 Å². The minimum absolute atomic E-state index is 1.04. The molecule has 0 unspecified atom stereocenters. The summed E-state index contributed by atoms with van der Waals surface area (Å²) in [5, 5.41) is 0. The van der Waals surface area contributed by atoms with Crippen molar-refractivity contribution in [3.05, 3.63) is 81.8 Å². The molecular weight excluding hydrogens is 458 g/mol. The summed E-state index contributed by atoms with van der Waals surface area (Å²) in [7, 11) is 0. The fourth-order valence-electron chi connectivity index (χ4n) is 4.75. The lowest BCUT2D eigenvalue weighted by Gasteiger charge is -2.35. The molecule has 36 heavy (non-hydrogen) atoms. The number of nitrogens with zero attached hydrogens (tertiary/aromatic N) is 3. The van der Waals surface area contributed by atoms with Gasteiger partial charge in [-0.2, -0.15) is 0 Å². The topological polar surface area (TPSA) is 7.12 Å². The van der Waals surface area contributed by atoms with Crippen LogP contribution in [0.4, 0.5) is 5.69 Å². The van der Waals surface area contributed by atoms with Crippen LogP contribution in [0.5, 0.6) is 0 Å². The third-order valence-electron chi connectivity index (χ3n) is 7.53. The maximum Gasteiger partial charge on any atom is 0.169 e. The highest BCUT2D eigenvalue weighted by Crippen LogP contribution is 2.22. The number of quaternary nitrogens is 1. The van der Waals surface area contributed by atoms with Gasteiger partial charge in [0.2, 0.25) is 0 Å². The van der Waals surface area contributed by atoms with E-state index in [9.17, 15) is 0 Å². The van der Waals surface area contributed by atoms with E-state index in [1.807, 2.05) is 11.3 Å². The molecule has 1 aromatic carbocycles. The van der Waals surface area contributed by atoms with Crippen LogP contribution in [-0.4, -0.2) is 43.8 Å². The molecule has 0 saturated heterocycles. The summed E-state index contributed by atoms with van der Waals surface area (Å²) < 4.78 is 3.54. The Bertz CT molecular complexity index is 1080. The van der Waals surface area contributed by atoms with Crippen LogP contribution in [0.1, 0.15) is 61.9 Å². The highest BCUT2D eigenvalue weighted by atomic mass is 32.1. The summed E-state index contributed by atoms with van der Waals surface area (Å²) in [6.45, 7) is 19.5. The first-order chi connectivity index (χ1) is 17.5. The zero-order valence-corrected chi connectivity index (χ0v) is 23.8. The van der Waals surface area contributed by atoms with Gasteiger partial charge >= 0.3 is 0 Å². The van der Waals surface area contributed by atoms with Gasteiger partial charge in [0.25, 0.3) is 0 Å². The summed E-state index contributed by atoms with van der Waals surface area (Å²) in [5.74, 6) is 0. The van der Waals surface area contributed by atoms with Gasteiger partial charge in [-0.15, -0.1) is 11.3 Å². The maximum absolute atomic E-state index is 2.37. The molecular formula is C32H45N3S+2. The van der Waals surface area contributed by atoms with Gasteiger partial charge < -0.3 is 9.38 Å². The molecule has 0 radical (unpaired) electrons. The molecule has 0 atom stereocenters. The minimum Gasteiger partial charge on any atom is -0.372 e. The number of hydrogen-bond donors (Lipinski definition) is 0. The van der Waals surface area contributed by atoms with Gasteiger partial charge in [0.05, 0.1) is 32.6 Å². The van der Waals surface area contributed by atoms with Crippen LogP contribution >= 0.6 is 11.3 Å². The molecule has 2 heterocycles. The fourth-order valence-corrected chi connectivity index (χ4v) is 5.57. The molecule has 0 aliphatic carbocycles. The van der Waals surface area contributed by atoms with Crippen molar-refractivity contribution in [2.45, 2.75) is 47.6 Å². The van der Waals surface area contributed by atoms with E-state index in [4.69, 9.17) is 0 Å². The molecule has 4 heteroatoms. The number of aromatic nitrogens is 1. The van der Waals surface area contributed by atoms with Crippen molar-refractivity contribution in [1.82, 2.24) is 0 Å². The summed E-state index contributed by atoms with van der Waals surface area (Å²) in [6, 6.07) is 17.7. The standard InChI is InChI=1S/C32H45N3S/c1-6-34(7-2)30-16-12-28(13-17-30)14-18-31-20-21-32(36-31)19-15-29-22-25-33(26-23-29)24-11-27-35(8-3,9-4)10-5/h12-23,25-26H,6-11,24,27H2,1-5H3/q+2. The van der Waals surface area contributed by atoms with Gasteiger partial charge in [-0.1, -0.05) is 24.3 Å². The summed E-state index contributed by atoms with van der Waals surface area (Å²) >= 11 is 1.82. The maximum atomic E-state index is 2.37. The lowest BCUT2D eigenvalue weighted by atomic mass is 10.1. The third kappa shape index (κ3) is 7.91. The van der Waals surface area contributed by atoms with Crippen LogP contribution in [0.2, 0.25) is 0 Å². The molecule has 2 aromatic heterocycles. The molecule has 3 rings (SSSR count). The Kier molecular flexibility index (Phi) is 11.0. The van der Waals surface area contributed by atoms with E-state index in [1.165, 1.54) is 63.7 Å². The van der Waals surface area contributed by atoms with Crippen molar-refractivity contribution in [2.75, 3.05) is 44.2 Å². The van der Waals surface area contributed by atoms with E-state index in [1.54, 1.807) is 0 Å². The summed E-state index contributed by atoms with van der Waals surface area (Å²) in [6.07, 6.45) is 14.5. The number of hydrogen-bond acceptors (Lipinski definition) is 2. The van der Waals surface area contributed by atoms with Gasteiger partial charge in [0.15, 0.2) is 18.9 Å². The molecule has 0 aliphatic rings. The number of rotatable bonds is 14. The van der Waals surface area contributed by atoms with E-state index in [-0.39, 0.29) is 0 Å². The second-order valence-corrected chi connectivity index (χ2v) is 10.6. The normalized spacial score (nSPS) is 12.1. The molecule has 3 aromatic rings. The van der Waals surface area contributed by atoms with Crippen LogP contribution in [-0.2, 0) is 6.54 Å². The molecule has 0 bridgehead atoms. The average molecular weight is 504 g/mol. The number of pyridine rings is 1. The van der Waals surface area contributed by atoms with Crippen LogP contribution < -0.4 is 9.47 Å². The molecule has 0 saturated carbocycles. The Morgan fingerprint density at radius 1 is 0.694 bits per heavy atom. The smallest absolute Gasteiger partial charge is 0.169 e. The molecule has 0 aliphatic heterocycles. The zero-order chi connectivity index (χ0) is 25.8. The quantitative estimate of drug-likeness (QED) is 0.163. The van der Waals surface area contributed by atoms with Crippen molar-refractivity contribution in [1.29, 1.82) is 0 Å². The summed E-state index contributed by atoms with van der Waals surface area (Å²) in [5.41, 5.74) is 3.77. The second kappa shape index (κ2) is 14.2. The molecule has 0 N–H and O–H groups in total. The van der Waals surface area contributed by atoms with Gasteiger partial charge in [0.1, 0.15) is 0 Å². The second-order valence-electron chi connectivity index (χ2n) is 9.41. The lowest BCUT2D eigenvalue weighted by molar-refractivity contribution is -0.925. The number of benzene rings is 1. The number of aryl methyl sites for hydroxylation is 1. The lowest BCUT2D eigenvalue weighted by Crippen LogP contribution is -2.49. The predicted octanol–water partition coefficient (Wildman–Crippen LogP) is 7.49. The monoisotopic (exact) mass is 503 g/mol. The average Bonchev–Trinajstić information content (AvgIpc) is 3.39. The van der Waals surface area contributed by atoms with Gasteiger partial charge in [0, 0.05) is 40.7 Å². The first-order valence-electron chi connectivity index (χ1n) is 13.7. The zero-order valence-electron chi connectivity index (χ0n) is 23.0. The van der Waals surface area contributed by atoms with E-state index in [0.717, 1.165) is 19.6 Å². The van der Waals surface area contributed by atoms with Crippen LogP contribution in [0.15, 0.2) is 60.9 Å². The van der Waals surface area contributed by atoms with Crippen LogP contribution in [0.3, 0.4) is 0 Å². The van der Waals surface area contributed by atoms with Crippen molar-refractivity contribution in [2.24, 2.45) is 0 Å². The first-order valence-corrected chi connectivity index (χ1v) is 14.5. The SMILES string of the molecule is CCN(CC)c1ccc(/C=C/c2ccc(/C=C/c3cc[n+](CCC[N+](CC)(CC)CC)cc3)s2)cc1. The molecule has 3 nitrogen and oxygen atoms in total. The predicted molar refractivity (Wildman–Crippen MR) is 160 cm³/mol. The molecule has 0 fully saturated rings. The highest BCUT2D eigenvalue weighted by molar-refractivity contribution is 7.13. The molecule has 0 amide bonds. The van der Waals surface area contributed by atoms with Gasteiger partial charge in [-0.25, -0.2) is 4.57 Å². The minimum atomic E-state index is 1.04. The fraction of sp³-hybridized carbons (Fsp3) is 0.406. The number of thiophene rings is 1. The van der Waals surface area contributed by atoms with Crippen LogP contribution in [0.25, 0.3) is 24.3 Å². The van der Waals surface area contributed by atoms with Gasteiger partial charge in [-0.05, 0) is 82.2 Å². The number of anilines is 1. The Balaban J connectivity index is 1.52. The Morgan fingerprint density at radius 3 is 1.72 bits per heavy atom. The summed E-state index contributed by atoms with van der Waals surface area (Å²) in [4.78, 5) is 4.91. The molecule has 0 spiro atoms. The Morgan fingerprint density at radius 2 is 1.22 bits per heavy atom. The Hall–Kier alpha value is -2.69. The highest BCUT2D eigenvalue weighted by Gasteiger charge is 2.20. The van der Waals surface area contributed by atoms with Crippen molar-refractivity contribution < 1.29 is 9.05 Å². The van der Waals surface area contributed by atoms with E-state index >= 15 is 0 Å².